The summed E-state index contributed by atoms with van der Waals surface area (Å²) in [5, 5.41) is 21.5. The lowest BCUT2D eigenvalue weighted by atomic mass is 10.1. The van der Waals surface area contributed by atoms with Crippen molar-refractivity contribution in [3.63, 3.8) is 0 Å². The average molecular weight is 300 g/mol. The van der Waals surface area contributed by atoms with Gasteiger partial charge in [-0.1, -0.05) is 0 Å². The van der Waals surface area contributed by atoms with Crippen LogP contribution in [0.5, 0.6) is 0 Å². The Morgan fingerprint density at radius 3 is 2.48 bits per heavy atom. The summed E-state index contributed by atoms with van der Waals surface area (Å²) in [6.45, 7) is -0.149. The zero-order valence-corrected chi connectivity index (χ0v) is 10.7. The van der Waals surface area contributed by atoms with Gasteiger partial charge in [0.05, 0.1) is 0 Å². The minimum absolute atomic E-state index is 0.149. The van der Waals surface area contributed by atoms with E-state index in [0.29, 0.717) is 18.6 Å². The third kappa shape index (κ3) is 3.05. The molecule has 0 unspecified atom stereocenters. The fourth-order valence-electron chi connectivity index (χ4n) is 1.85. The van der Waals surface area contributed by atoms with E-state index in [9.17, 15) is 18.0 Å². The van der Waals surface area contributed by atoms with E-state index in [0.717, 1.165) is 4.68 Å². The first-order valence-corrected chi connectivity index (χ1v) is 6.01. The lowest BCUT2D eigenvalue weighted by Gasteiger charge is -2.03. The van der Waals surface area contributed by atoms with Crippen LogP contribution >= 0.6 is 0 Å². The Labute approximate surface area is 117 Å². The summed E-state index contributed by atoms with van der Waals surface area (Å²) in [6.07, 6.45) is 1.73. The van der Waals surface area contributed by atoms with E-state index in [2.05, 4.69) is 5.10 Å². The predicted octanol–water partition coefficient (Wildman–Crippen LogP) is 1.91. The summed E-state index contributed by atoms with van der Waals surface area (Å²) in [7, 11) is 0. The Morgan fingerprint density at radius 1 is 1.19 bits per heavy atom. The van der Waals surface area contributed by atoms with Gasteiger partial charge in [-0.3, -0.25) is 0 Å². The number of carboxylic acid groups (broad SMARTS) is 1. The molecule has 0 aliphatic heterocycles. The van der Waals surface area contributed by atoms with Crippen molar-refractivity contribution in [3.8, 4) is 5.69 Å². The maximum atomic E-state index is 13.7. The van der Waals surface area contributed by atoms with Crippen molar-refractivity contribution < 1.29 is 28.2 Å². The SMILES string of the molecule is O=C(O)c1nn(-c2cc(F)c(F)cc2F)cc1CCCO. The average Bonchev–Trinajstić information content (AvgIpc) is 2.84. The van der Waals surface area contributed by atoms with Gasteiger partial charge in [-0.15, -0.1) is 0 Å². The number of aliphatic hydroxyl groups is 1. The smallest absolute Gasteiger partial charge is 0.356 e. The molecule has 0 amide bonds. The number of aliphatic hydroxyl groups excluding tert-OH is 1. The van der Waals surface area contributed by atoms with Gasteiger partial charge in [0.1, 0.15) is 5.69 Å². The standard InChI is InChI=1S/C13H11F3N2O3/c14-8-4-10(16)11(5-9(8)15)18-6-7(2-1-3-19)12(17-18)13(20)21/h4-6,19H,1-3H2,(H,20,21). The first-order chi connectivity index (χ1) is 9.93. The van der Waals surface area contributed by atoms with E-state index in [4.69, 9.17) is 10.2 Å². The van der Waals surface area contributed by atoms with Gasteiger partial charge >= 0.3 is 5.97 Å². The molecular weight excluding hydrogens is 289 g/mol. The second-order valence-corrected chi connectivity index (χ2v) is 4.30. The molecular formula is C13H11F3N2O3. The minimum Gasteiger partial charge on any atom is -0.476 e. The van der Waals surface area contributed by atoms with Crippen LogP contribution in [0.2, 0.25) is 0 Å². The Morgan fingerprint density at radius 2 is 1.86 bits per heavy atom. The number of hydrogen-bond acceptors (Lipinski definition) is 3. The molecule has 0 aliphatic carbocycles. The van der Waals surface area contributed by atoms with E-state index in [1.807, 2.05) is 0 Å². The summed E-state index contributed by atoms with van der Waals surface area (Å²) in [5.41, 5.74) is -0.458. The topological polar surface area (TPSA) is 75.3 Å². The van der Waals surface area contributed by atoms with Crippen LogP contribution in [-0.2, 0) is 6.42 Å². The summed E-state index contributed by atoms with van der Waals surface area (Å²) < 4.78 is 40.6. The molecule has 21 heavy (non-hydrogen) atoms. The number of carboxylic acids is 1. The first kappa shape index (κ1) is 15.0. The molecule has 2 N–H and O–H groups in total. The molecule has 0 bridgehead atoms. The molecule has 2 aromatic rings. The largest absolute Gasteiger partial charge is 0.476 e. The third-order valence-corrected chi connectivity index (χ3v) is 2.83. The van der Waals surface area contributed by atoms with E-state index in [1.165, 1.54) is 6.20 Å². The fraction of sp³-hybridized carbons (Fsp3) is 0.231. The molecule has 1 aromatic heterocycles. The van der Waals surface area contributed by atoms with E-state index >= 15 is 0 Å². The maximum absolute atomic E-state index is 13.7. The van der Waals surface area contributed by atoms with Crippen molar-refractivity contribution in [2.75, 3.05) is 6.61 Å². The summed E-state index contributed by atoms with van der Waals surface area (Å²) in [4.78, 5) is 11.1. The minimum atomic E-state index is -1.35. The van der Waals surface area contributed by atoms with Gasteiger partial charge in [0.15, 0.2) is 23.1 Å². The number of benzene rings is 1. The van der Waals surface area contributed by atoms with Gasteiger partial charge in [0, 0.05) is 30.5 Å². The van der Waals surface area contributed by atoms with Crippen LogP contribution in [0.3, 0.4) is 0 Å². The molecule has 1 aromatic carbocycles. The van der Waals surface area contributed by atoms with Gasteiger partial charge in [0.25, 0.3) is 0 Å². The Balaban J connectivity index is 2.49. The molecule has 0 radical (unpaired) electrons. The lowest BCUT2D eigenvalue weighted by Crippen LogP contribution is -2.05. The van der Waals surface area contributed by atoms with Crippen molar-refractivity contribution in [1.29, 1.82) is 0 Å². The number of hydrogen-bond donors (Lipinski definition) is 2. The zero-order chi connectivity index (χ0) is 15.6. The molecule has 0 spiro atoms. The molecule has 8 heteroatoms. The monoisotopic (exact) mass is 300 g/mol. The van der Waals surface area contributed by atoms with Crippen molar-refractivity contribution in [2.45, 2.75) is 12.8 Å². The lowest BCUT2D eigenvalue weighted by molar-refractivity contribution is 0.0688. The highest BCUT2D eigenvalue weighted by Crippen LogP contribution is 2.20. The maximum Gasteiger partial charge on any atom is 0.356 e. The van der Waals surface area contributed by atoms with Crippen LogP contribution < -0.4 is 0 Å². The van der Waals surface area contributed by atoms with Gasteiger partial charge in [-0.2, -0.15) is 5.10 Å². The van der Waals surface area contributed by atoms with Gasteiger partial charge < -0.3 is 10.2 Å². The summed E-state index contributed by atoms with van der Waals surface area (Å²) in [5.74, 6) is -5.01. The number of carbonyl (C=O) groups is 1. The second-order valence-electron chi connectivity index (χ2n) is 4.30. The molecule has 0 fully saturated rings. The second kappa shape index (κ2) is 5.96. The quantitative estimate of drug-likeness (QED) is 0.827. The summed E-state index contributed by atoms with van der Waals surface area (Å²) in [6, 6.07) is 0.958. The highest BCUT2D eigenvalue weighted by molar-refractivity contribution is 5.87. The molecule has 2 rings (SSSR count). The van der Waals surface area contributed by atoms with E-state index in [1.54, 1.807) is 0 Å². The Hall–Kier alpha value is -2.35. The molecule has 0 saturated heterocycles. The van der Waals surface area contributed by atoms with Crippen LogP contribution in [0.25, 0.3) is 5.69 Å². The van der Waals surface area contributed by atoms with Crippen molar-refractivity contribution in [1.82, 2.24) is 9.78 Å². The highest BCUT2D eigenvalue weighted by atomic mass is 19.2. The normalized spacial score (nSPS) is 10.9. The van der Waals surface area contributed by atoms with Crippen LogP contribution in [0.15, 0.2) is 18.3 Å². The molecule has 1 heterocycles. The number of halogens is 3. The van der Waals surface area contributed by atoms with Crippen molar-refractivity contribution >= 4 is 5.97 Å². The first-order valence-electron chi connectivity index (χ1n) is 6.01. The van der Waals surface area contributed by atoms with Crippen molar-refractivity contribution in [3.05, 3.63) is 47.0 Å². The Kier molecular flexibility index (Phi) is 4.27. The number of rotatable bonds is 5. The van der Waals surface area contributed by atoms with Crippen LogP contribution in [-0.4, -0.2) is 32.6 Å². The molecule has 0 aliphatic rings. The van der Waals surface area contributed by atoms with E-state index < -0.39 is 29.1 Å². The van der Waals surface area contributed by atoms with Crippen LogP contribution in [0.4, 0.5) is 13.2 Å². The van der Waals surface area contributed by atoms with Crippen LogP contribution in [0, 0.1) is 17.5 Å². The number of nitrogens with zero attached hydrogens (tertiary/aromatic N) is 2. The third-order valence-electron chi connectivity index (χ3n) is 2.83. The number of aromatic nitrogens is 2. The van der Waals surface area contributed by atoms with Gasteiger partial charge in [0.2, 0.25) is 0 Å². The van der Waals surface area contributed by atoms with E-state index in [-0.39, 0.29) is 24.3 Å². The summed E-state index contributed by atoms with van der Waals surface area (Å²) >= 11 is 0. The molecule has 5 nitrogen and oxygen atoms in total. The van der Waals surface area contributed by atoms with Gasteiger partial charge in [-0.25, -0.2) is 22.6 Å². The molecule has 0 atom stereocenters. The number of aromatic carboxylic acids is 1. The van der Waals surface area contributed by atoms with Gasteiger partial charge in [-0.05, 0) is 12.8 Å². The zero-order valence-electron chi connectivity index (χ0n) is 10.7. The molecule has 112 valence electrons. The van der Waals surface area contributed by atoms with Crippen LogP contribution in [0.1, 0.15) is 22.5 Å². The predicted molar refractivity (Wildman–Crippen MR) is 65.8 cm³/mol. The fourth-order valence-corrected chi connectivity index (χ4v) is 1.85. The highest BCUT2D eigenvalue weighted by Gasteiger charge is 2.19. The Bertz CT molecular complexity index is 686. The number of aryl methyl sites for hydroxylation is 1. The molecule has 0 saturated carbocycles. The van der Waals surface area contributed by atoms with Crippen molar-refractivity contribution in [2.24, 2.45) is 0 Å².